The number of benzene rings is 1. The average Bonchev–Trinajstić information content (AvgIpc) is 3.12. The number of ether oxygens (including phenoxy) is 2. The molecule has 1 aromatic carbocycles. The van der Waals surface area contributed by atoms with Gasteiger partial charge in [0.1, 0.15) is 0 Å². The van der Waals surface area contributed by atoms with Gasteiger partial charge in [-0.15, -0.1) is 0 Å². The van der Waals surface area contributed by atoms with E-state index in [0.29, 0.717) is 6.79 Å². The van der Waals surface area contributed by atoms with E-state index in [-0.39, 0.29) is 0 Å². The maximum atomic E-state index is 9.10. The summed E-state index contributed by atoms with van der Waals surface area (Å²) < 4.78 is 10.8. The Bertz CT molecular complexity index is 627. The van der Waals surface area contributed by atoms with Gasteiger partial charge in [0, 0.05) is 38.8 Å². The zero-order valence-electron chi connectivity index (χ0n) is 15.9. The summed E-state index contributed by atoms with van der Waals surface area (Å²) in [4.78, 5) is 23.4. The fourth-order valence-corrected chi connectivity index (χ4v) is 3.39. The van der Waals surface area contributed by atoms with Gasteiger partial charge >= 0.3 is 11.9 Å². The van der Waals surface area contributed by atoms with Gasteiger partial charge in [0.25, 0.3) is 0 Å². The Morgan fingerprint density at radius 1 is 1.00 bits per heavy atom. The molecule has 1 saturated heterocycles. The molecular weight excluding hydrogens is 352 g/mol. The van der Waals surface area contributed by atoms with Gasteiger partial charge in [0.05, 0.1) is 0 Å². The van der Waals surface area contributed by atoms with E-state index >= 15 is 0 Å². The summed E-state index contributed by atoms with van der Waals surface area (Å²) >= 11 is 0. The molecule has 0 aliphatic carbocycles. The molecule has 150 valence electrons. The Kier molecular flexibility index (Phi) is 7.87. The van der Waals surface area contributed by atoms with Crippen molar-refractivity contribution in [1.82, 2.24) is 9.80 Å². The maximum Gasteiger partial charge on any atom is 0.414 e. The molecule has 1 fully saturated rings. The molecule has 2 heterocycles. The number of hydrogen-bond acceptors (Lipinski definition) is 6. The summed E-state index contributed by atoms with van der Waals surface area (Å²) in [6, 6.07) is 7.06. The number of aliphatic carboxylic acids is 2. The Morgan fingerprint density at radius 3 is 2.15 bits per heavy atom. The third-order valence-electron chi connectivity index (χ3n) is 4.89. The van der Waals surface area contributed by atoms with Gasteiger partial charge in [-0.25, -0.2) is 9.59 Å². The lowest BCUT2D eigenvalue weighted by Crippen LogP contribution is -2.49. The summed E-state index contributed by atoms with van der Waals surface area (Å²) in [5, 5.41) is 14.8. The number of piperazine rings is 1. The highest BCUT2D eigenvalue weighted by molar-refractivity contribution is 6.27. The van der Waals surface area contributed by atoms with Crippen LogP contribution in [0.5, 0.6) is 11.5 Å². The number of nitrogens with zero attached hydrogens (tertiary/aromatic N) is 2. The molecule has 0 amide bonds. The van der Waals surface area contributed by atoms with Crippen LogP contribution < -0.4 is 9.47 Å². The molecule has 8 heteroatoms. The molecule has 0 aromatic heterocycles. The summed E-state index contributed by atoms with van der Waals surface area (Å²) in [6.07, 6.45) is 2.53. The van der Waals surface area contributed by atoms with Gasteiger partial charge in [-0.2, -0.15) is 0 Å². The number of carboxylic acid groups (broad SMARTS) is 2. The Balaban J connectivity index is 0.000000380. The number of hydrogen-bond donors (Lipinski definition) is 2. The van der Waals surface area contributed by atoms with Crippen LogP contribution in [0.2, 0.25) is 0 Å². The molecule has 0 saturated carbocycles. The molecule has 2 aliphatic rings. The second-order valence-corrected chi connectivity index (χ2v) is 6.58. The molecule has 2 N–H and O–H groups in total. The van der Waals surface area contributed by atoms with Crippen LogP contribution >= 0.6 is 0 Å². The second kappa shape index (κ2) is 10.1. The second-order valence-electron chi connectivity index (χ2n) is 6.58. The summed E-state index contributed by atoms with van der Waals surface area (Å²) in [6.45, 7) is 10.7. The molecular formula is C19H28N2O6. The van der Waals surface area contributed by atoms with Gasteiger partial charge in [-0.1, -0.05) is 19.9 Å². The van der Waals surface area contributed by atoms with Crippen molar-refractivity contribution in [1.29, 1.82) is 0 Å². The van der Waals surface area contributed by atoms with Gasteiger partial charge in [0.15, 0.2) is 11.5 Å². The van der Waals surface area contributed by atoms with Crippen molar-refractivity contribution in [2.45, 2.75) is 39.3 Å². The molecule has 0 atom stereocenters. The van der Waals surface area contributed by atoms with Crippen molar-refractivity contribution in [2.24, 2.45) is 0 Å². The van der Waals surface area contributed by atoms with Crippen LogP contribution in [0.15, 0.2) is 18.2 Å². The Morgan fingerprint density at radius 2 is 1.59 bits per heavy atom. The van der Waals surface area contributed by atoms with Crippen molar-refractivity contribution < 1.29 is 29.3 Å². The molecule has 0 spiro atoms. The fourth-order valence-electron chi connectivity index (χ4n) is 3.39. The van der Waals surface area contributed by atoms with E-state index in [9.17, 15) is 0 Å². The van der Waals surface area contributed by atoms with Crippen LogP contribution in [-0.4, -0.2) is 71.0 Å². The van der Waals surface area contributed by atoms with Gasteiger partial charge in [0.2, 0.25) is 6.79 Å². The third-order valence-corrected chi connectivity index (χ3v) is 4.89. The lowest BCUT2D eigenvalue weighted by Gasteiger charge is -2.38. The minimum absolute atomic E-state index is 0.354. The molecule has 3 rings (SSSR count). The van der Waals surface area contributed by atoms with Gasteiger partial charge < -0.3 is 19.7 Å². The van der Waals surface area contributed by atoms with Crippen LogP contribution in [0.1, 0.15) is 32.3 Å². The number of carboxylic acids is 2. The quantitative estimate of drug-likeness (QED) is 0.747. The predicted molar refractivity (Wildman–Crippen MR) is 99.1 cm³/mol. The highest BCUT2D eigenvalue weighted by atomic mass is 16.7. The molecule has 0 radical (unpaired) electrons. The maximum absolute atomic E-state index is 9.10. The first kappa shape index (κ1) is 21.0. The van der Waals surface area contributed by atoms with Crippen molar-refractivity contribution in [2.75, 3.05) is 33.0 Å². The standard InChI is InChI=1S/C17H26N2O2.C2H2O4/c1-3-15(4-2)19-9-7-18(8-10-19)12-14-5-6-16-17(11-14)21-13-20-16;3-1(4)2(5)6/h5-6,11,15H,3-4,7-10,12-13H2,1-2H3;(H,3,4)(H,5,6). The Hall–Kier alpha value is -2.32. The highest BCUT2D eigenvalue weighted by Gasteiger charge is 2.22. The molecule has 2 aliphatic heterocycles. The predicted octanol–water partition coefficient (Wildman–Crippen LogP) is 1.88. The molecule has 8 nitrogen and oxygen atoms in total. The first-order valence-electron chi connectivity index (χ1n) is 9.25. The lowest BCUT2D eigenvalue weighted by molar-refractivity contribution is -0.159. The first-order chi connectivity index (χ1) is 12.9. The topological polar surface area (TPSA) is 99.5 Å². The number of rotatable bonds is 5. The normalized spacial score (nSPS) is 16.7. The van der Waals surface area contributed by atoms with Crippen molar-refractivity contribution >= 4 is 11.9 Å². The van der Waals surface area contributed by atoms with E-state index in [4.69, 9.17) is 29.3 Å². The molecule has 1 aromatic rings. The fraction of sp³-hybridized carbons (Fsp3) is 0.579. The molecule has 0 bridgehead atoms. The van der Waals surface area contributed by atoms with E-state index in [2.05, 4.69) is 35.8 Å². The van der Waals surface area contributed by atoms with Gasteiger partial charge in [-0.3, -0.25) is 9.80 Å². The van der Waals surface area contributed by atoms with E-state index in [1.165, 1.54) is 31.5 Å². The Labute approximate surface area is 159 Å². The van der Waals surface area contributed by atoms with E-state index in [0.717, 1.165) is 37.2 Å². The van der Waals surface area contributed by atoms with Crippen LogP contribution in [0.4, 0.5) is 0 Å². The van der Waals surface area contributed by atoms with Crippen molar-refractivity contribution in [3.63, 3.8) is 0 Å². The SMILES string of the molecule is CCC(CC)N1CCN(Cc2ccc3c(c2)OCO3)CC1.O=C(O)C(=O)O. The third kappa shape index (κ3) is 6.11. The van der Waals surface area contributed by atoms with Gasteiger partial charge in [-0.05, 0) is 30.5 Å². The smallest absolute Gasteiger partial charge is 0.414 e. The summed E-state index contributed by atoms with van der Waals surface area (Å²) in [7, 11) is 0. The number of fused-ring (bicyclic) bond motifs is 1. The van der Waals surface area contributed by atoms with Crippen LogP contribution in [0.3, 0.4) is 0 Å². The summed E-state index contributed by atoms with van der Waals surface area (Å²) in [5.74, 6) is -1.88. The minimum atomic E-state index is -1.82. The average molecular weight is 380 g/mol. The van der Waals surface area contributed by atoms with E-state index < -0.39 is 11.9 Å². The van der Waals surface area contributed by atoms with Crippen LogP contribution in [-0.2, 0) is 16.1 Å². The van der Waals surface area contributed by atoms with Crippen molar-refractivity contribution in [3.05, 3.63) is 23.8 Å². The van der Waals surface area contributed by atoms with Crippen LogP contribution in [0.25, 0.3) is 0 Å². The summed E-state index contributed by atoms with van der Waals surface area (Å²) in [5.41, 5.74) is 1.32. The van der Waals surface area contributed by atoms with Crippen molar-refractivity contribution in [3.8, 4) is 11.5 Å². The first-order valence-corrected chi connectivity index (χ1v) is 9.25. The molecule has 27 heavy (non-hydrogen) atoms. The lowest BCUT2D eigenvalue weighted by atomic mass is 10.1. The van der Waals surface area contributed by atoms with Crippen LogP contribution in [0, 0.1) is 0 Å². The molecule has 0 unspecified atom stereocenters. The zero-order chi connectivity index (χ0) is 19.8. The minimum Gasteiger partial charge on any atom is -0.473 e. The highest BCUT2D eigenvalue weighted by Crippen LogP contribution is 2.32. The van der Waals surface area contributed by atoms with E-state index in [1.807, 2.05) is 6.07 Å². The van der Waals surface area contributed by atoms with E-state index in [1.54, 1.807) is 0 Å². The zero-order valence-corrected chi connectivity index (χ0v) is 15.9. The largest absolute Gasteiger partial charge is 0.473 e. The number of carbonyl (C=O) groups is 2. The monoisotopic (exact) mass is 380 g/mol.